The Morgan fingerprint density at radius 2 is 1.78 bits per heavy atom. The number of hydrogen-bond donors (Lipinski definition) is 1. The van der Waals surface area contributed by atoms with Crippen molar-refractivity contribution in [3.05, 3.63) is 0 Å². The molecular weight excluding hydrogens is 261 g/mol. The monoisotopic (exact) mass is 283 g/mol. The maximum atomic E-state index is 11.3. The van der Waals surface area contributed by atoms with Crippen molar-refractivity contribution >= 4 is 13.8 Å². The normalized spacial score (nSPS) is 14.8. The number of phosphoric ester groups is 1. The molecule has 0 aliphatic carbocycles. The Hall–Kier alpha value is -0.460. The van der Waals surface area contributed by atoms with Gasteiger partial charge in [0, 0.05) is 6.54 Å². The third kappa shape index (κ3) is 9.56. The van der Waals surface area contributed by atoms with Crippen molar-refractivity contribution in [1.29, 1.82) is 0 Å². The van der Waals surface area contributed by atoms with Gasteiger partial charge in [-0.1, -0.05) is 13.8 Å². The maximum Gasteiger partial charge on any atom is 0.472 e. The van der Waals surface area contributed by atoms with E-state index >= 15 is 0 Å². The molecule has 0 bridgehead atoms. The fourth-order valence-corrected chi connectivity index (χ4v) is 1.53. The second-order valence-electron chi connectivity index (χ2n) is 4.26. The summed E-state index contributed by atoms with van der Waals surface area (Å²) in [5.74, 6) is -0.609. The number of rotatable bonds is 9. The Kier molecular flexibility index (Phi) is 8.39. The summed E-state index contributed by atoms with van der Waals surface area (Å²) in [6.45, 7) is 3.75. The molecule has 0 saturated heterocycles. The highest BCUT2D eigenvalue weighted by atomic mass is 31.2. The molecule has 0 aliphatic heterocycles. The fraction of sp³-hybridized carbons (Fsp3) is 0.900. The Bertz CT molecular complexity index is 294. The average Bonchev–Trinajstić information content (AvgIpc) is 2.23. The van der Waals surface area contributed by atoms with E-state index in [0.29, 0.717) is 6.54 Å². The van der Waals surface area contributed by atoms with Crippen LogP contribution in [0.2, 0.25) is 0 Å². The third-order valence-corrected chi connectivity index (χ3v) is 2.86. The van der Waals surface area contributed by atoms with Gasteiger partial charge in [0.2, 0.25) is 0 Å². The van der Waals surface area contributed by atoms with Gasteiger partial charge in [-0.25, -0.2) is 4.57 Å². The van der Waals surface area contributed by atoms with E-state index in [1.54, 1.807) is 13.8 Å². The molecule has 1 N–H and O–H groups in total. The van der Waals surface area contributed by atoms with Crippen molar-refractivity contribution in [2.45, 2.75) is 13.8 Å². The number of esters is 1. The summed E-state index contributed by atoms with van der Waals surface area (Å²) in [5.41, 5.74) is 0. The van der Waals surface area contributed by atoms with Gasteiger partial charge < -0.3 is 14.5 Å². The molecule has 7 nitrogen and oxygen atoms in total. The predicted molar refractivity (Wildman–Crippen MR) is 66.1 cm³/mol. The Morgan fingerprint density at radius 1 is 1.22 bits per heavy atom. The summed E-state index contributed by atoms with van der Waals surface area (Å²) in [7, 11) is -0.416. The van der Waals surface area contributed by atoms with Crippen LogP contribution in [-0.2, 0) is 23.1 Å². The van der Waals surface area contributed by atoms with Crippen molar-refractivity contribution in [3.63, 3.8) is 0 Å². The Morgan fingerprint density at radius 3 is 2.28 bits per heavy atom. The van der Waals surface area contributed by atoms with Crippen LogP contribution in [0.3, 0.4) is 0 Å². The van der Waals surface area contributed by atoms with E-state index in [0.717, 1.165) is 0 Å². The first-order valence-corrected chi connectivity index (χ1v) is 7.17. The molecule has 0 radical (unpaired) electrons. The lowest BCUT2D eigenvalue weighted by atomic mass is 10.2. The van der Waals surface area contributed by atoms with Crippen molar-refractivity contribution in [3.8, 4) is 0 Å². The average molecular weight is 283 g/mol. The minimum Gasteiger partial charge on any atom is -0.463 e. The largest absolute Gasteiger partial charge is 0.472 e. The number of carbonyl (C=O) groups excluding carboxylic acids is 1. The van der Waals surface area contributed by atoms with E-state index in [2.05, 4.69) is 4.52 Å². The summed E-state index contributed by atoms with van der Waals surface area (Å²) >= 11 is 0. The summed E-state index contributed by atoms with van der Waals surface area (Å²) in [6, 6.07) is 0. The fourth-order valence-electron chi connectivity index (χ4n) is 0.838. The van der Waals surface area contributed by atoms with Crippen LogP contribution in [0, 0.1) is 5.92 Å². The van der Waals surface area contributed by atoms with Crippen LogP contribution >= 0.6 is 7.82 Å². The van der Waals surface area contributed by atoms with Gasteiger partial charge in [0.25, 0.3) is 0 Å². The molecule has 0 aromatic heterocycles. The number of likely N-dealkylation sites (N-methyl/N-ethyl adjacent to an activating group) is 1. The first-order valence-electron chi connectivity index (χ1n) is 5.68. The van der Waals surface area contributed by atoms with Crippen molar-refractivity contribution in [1.82, 2.24) is 4.90 Å². The van der Waals surface area contributed by atoms with E-state index in [4.69, 9.17) is 9.26 Å². The Balaban J connectivity index is 3.70. The van der Waals surface area contributed by atoms with Crippen LogP contribution < -0.4 is 0 Å². The molecular formula is C10H22NO6P. The Labute approximate surface area is 108 Å². The number of ether oxygens (including phenoxy) is 1. The van der Waals surface area contributed by atoms with Crippen LogP contribution in [0.4, 0.5) is 0 Å². The minimum atomic E-state index is -4.05. The van der Waals surface area contributed by atoms with E-state index < -0.39 is 7.82 Å². The summed E-state index contributed by atoms with van der Waals surface area (Å²) < 4.78 is 25.4. The molecule has 1 atom stereocenters. The van der Waals surface area contributed by atoms with Gasteiger partial charge in [-0.05, 0) is 14.1 Å². The van der Waals surface area contributed by atoms with E-state index in [9.17, 15) is 14.3 Å². The molecule has 0 spiro atoms. The van der Waals surface area contributed by atoms with Crippen LogP contribution in [0.25, 0.3) is 0 Å². The molecule has 0 aliphatic rings. The number of phosphoric acid groups is 1. The highest BCUT2D eigenvalue weighted by Gasteiger charge is 2.20. The molecule has 108 valence electrons. The molecule has 18 heavy (non-hydrogen) atoms. The zero-order chi connectivity index (χ0) is 14.2. The van der Waals surface area contributed by atoms with Crippen LogP contribution in [0.1, 0.15) is 13.8 Å². The number of hydrogen-bond acceptors (Lipinski definition) is 6. The SMILES string of the molecule is CC(C)C(=O)OCCOP(=O)(O)OCCN(C)C. The number of nitrogens with zero attached hydrogens (tertiary/aromatic N) is 1. The summed E-state index contributed by atoms with van der Waals surface area (Å²) in [6.07, 6.45) is 0. The molecule has 0 rings (SSSR count). The molecule has 0 heterocycles. The van der Waals surface area contributed by atoms with Crippen LogP contribution in [-0.4, -0.2) is 56.2 Å². The smallest absolute Gasteiger partial charge is 0.463 e. The molecule has 0 saturated carbocycles. The first-order chi connectivity index (χ1) is 8.24. The standard InChI is InChI=1S/C10H22NO6P/c1-9(2)10(12)15-7-8-17-18(13,14)16-6-5-11(3)4/h9H,5-8H2,1-4H3,(H,13,14). The summed E-state index contributed by atoms with van der Waals surface area (Å²) in [5, 5.41) is 0. The lowest BCUT2D eigenvalue weighted by Crippen LogP contribution is -2.18. The van der Waals surface area contributed by atoms with Gasteiger partial charge in [0.15, 0.2) is 0 Å². The van der Waals surface area contributed by atoms with E-state index in [1.165, 1.54) is 0 Å². The zero-order valence-electron chi connectivity index (χ0n) is 11.3. The second-order valence-corrected chi connectivity index (χ2v) is 5.71. The lowest BCUT2D eigenvalue weighted by molar-refractivity contribution is -0.148. The van der Waals surface area contributed by atoms with Gasteiger partial charge in [0.1, 0.15) is 6.61 Å². The van der Waals surface area contributed by atoms with E-state index in [-0.39, 0.29) is 31.7 Å². The predicted octanol–water partition coefficient (Wildman–Crippen LogP) is 0.881. The van der Waals surface area contributed by atoms with Crippen molar-refractivity contribution in [2.75, 3.05) is 40.5 Å². The molecule has 8 heteroatoms. The zero-order valence-corrected chi connectivity index (χ0v) is 12.2. The third-order valence-electron chi connectivity index (χ3n) is 1.85. The van der Waals surface area contributed by atoms with Crippen molar-refractivity contribution in [2.24, 2.45) is 5.92 Å². The molecule has 0 amide bonds. The van der Waals surface area contributed by atoms with Gasteiger partial charge in [0.05, 0.1) is 19.1 Å². The van der Waals surface area contributed by atoms with Gasteiger partial charge in [-0.15, -0.1) is 0 Å². The van der Waals surface area contributed by atoms with Crippen molar-refractivity contribution < 1.29 is 28.0 Å². The maximum absolute atomic E-state index is 11.3. The minimum absolute atomic E-state index is 0.0708. The molecule has 1 unspecified atom stereocenters. The highest BCUT2D eigenvalue weighted by molar-refractivity contribution is 7.47. The molecule has 0 aromatic rings. The van der Waals surface area contributed by atoms with Gasteiger partial charge in [-0.2, -0.15) is 0 Å². The van der Waals surface area contributed by atoms with Gasteiger partial charge >= 0.3 is 13.8 Å². The summed E-state index contributed by atoms with van der Waals surface area (Å²) in [4.78, 5) is 22.1. The van der Waals surface area contributed by atoms with E-state index in [1.807, 2.05) is 19.0 Å². The van der Waals surface area contributed by atoms with Gasteiger partial charge in [-0.3, -0.25) is 13.8 Å². The highest BCUT2D eigenvalue weighted by Crippen LogP contribution is 2.42. The van der Waals surface area contributed by atoms with Crippen LogP contribution in [0.5, 0.6) is 0 Å². The molecule has 0 aromatic carbocycles. The topological polar surface area (TPSA) is 85.3 Å². The molecule has 0 fully saturated rings. The lowest BCUT2D eigenvalue weighted by Gasteiger charge is -2.14. The second kappa shape index (κ2) is 8.61. The quantitative estimate of drug-likeness (QED) is 0.382. The number of carbonyl (C=O) groups is 1. The van der Waals surface area contributed by atoms with Crippen LogP contribution in [0.15, 0.2) is 0 Å². The first kappa shape index (κ1) is 17.5.